The molecule has 1 aliphatic heterocycles. The summed E-state index contributed by atoms with van der Waals surface area (Å²) in [4.78, 5) is 13.0. The number of hydrogen-bond acceptors (Lipinski definition) is 4. The first kappa shape index (κ1) is 16.8. The van der Waals surface area contributed by atoms with Crippen LogP contribution in [0.3, 0.4) is 0 Å². The number of nitrogens with one attached hydrogen (secondary N) is 1. The van der Waals surface area contributed by atoms with Gasteiger partial charge >= 0.3 is 6.09 Å². The Labute approximate surface area is 155 Å². The number of amides is 1. The van der Waals surface area contributed by atoms with E-state index in [-0.39, 0.29) is 5.41 Å². The van der Waals surface area contributed by atoms with E-state index >= 15 is 0 Å². The van der Waals surface area contributed by atoms with Crippen molar-refractivity contribution in [3.63, 3.8) is 0 Å². The molecule has 3 aromatic rings. The molecule has 4 rings (SSSR count). The van der Waals surface area contributed by atoms with Gasteiger partial charge in [-0.3, -0.25) is 0 Å². The number of rotatable bonds is 4. The molecule has 7 nitrogen and oxygen atoms in total. The minimum absolute atomic E-state index is 0.120. The molecule has 0 saturated carbocycles. The Morgan fingerprint density at radius 2 is 2.27 bits per heavy atom. The smallest absolute Gasteiger partial charge is 0.404 e. The number of benzene rings is 1. The molecular formula is C18H19ClN4O3. The topological polar surface area (TPSA) is 83.0 Å². The van der Waals surface area contributed by atoms with Crippen LogP contribution in [-0.2, 0) is 0 Å². The Balaban J connectivity index is 1.62. The second-order valence-corrected chi connectivity index (χ2v) is 7.40. The summed E-state index contributed by atoms with van der Waals surface area (Å²) < 4.78 is 7.55. The summed E-state index contributed by atoms with van der Waals surface area (Å²) in [6, 6.07) is 7.57. The number of fused-ring (bicyclic) bond motifs is 1. The zero-order valence-electron chi connectivity index (χ0n) is 14.3. The van der Waals surface area contributed by atoms with Gasteiger partial charge in [0, 0.05) is 30.6 Å². The highest BCUT2D eigenvalue weighted by atomic mass is 35.5. The van der Waals surface area contributed by atoms with Crippen LogP contribution in [0.4, 0.5) is 10.5 Å². The molecule has 3 heterocycles. The fourth-order valence-corrected chi connectivity index (χ4v) is 3.73. The quantitative estimate of drug-likeness (QED) is 0.727. The van der Waals surface area contributed by atoms with Crippen LogP contribution < -0.4 is 10.2 Å². The lowest BCUT2D eigenvalue weighted by Crippen LogP contribution is -2.37. The molecule has 1 aromatic carbocycles. The number of nitrogens with zero attached hydrogens (tertiary/aromatic N) is 3. The number of anilines is 1. The lowest BCUT2D eigenvalue weighted by molar-refractivity contribution is 0.188. The molecular weight excluding hydrogens is 356 g/mol. The van der Waals surface area contributed by atoms with Crippen LogP contribution in [-0.4, -0.2) is 40.4 Å². The van der Waals surface area contributed by atoms with Gasteiger partial charge in [0.2, 0.25) is 5.71 Å². The van der Waals surface area contributed by atoms with E-state index in [1.807, 2.05) is 24.3 Å². The van der Waals surface area contributed by atoms with Gasteiger partial charge in [-0.1, -0.05) is 36.7 Å². The summed E-state index contributed by atoms with van der Waals surface area (Å²) in [5.41, 5.74) is 3.11. The molecule has 1 aliphatic rings. The third-order valence-corrected chi connectivity index (χ3v) is 5.26. The van der Waals surface area contributed by atoms with Gasteiger partial charge in [0.25, 0.3) is 0 Å². The maximum Gasteiger partial charge on any atom is 0.404 e. The van der Waals surface area contributed by atoms with Crippen LogP contribution in [0.25, 0.3) is 17.0 Å². The minimum Gasteiger partial charge on any atom is -0.465 e. The van der Waals surface area contributed by atoms with Crippen molar-refractivity contribution in [1.29, 1.82) is 0 Å². The van der Waals surface area contributed by atoms with E-state index in [9.17, 15) is 4.79 Å². The summed E-state index contributed by atoms with van der Waals surface area (Å²) in [5, 5.41) is 16.5. The molecule has 1 saturated heterocycles. The summed E-state index contributed by atoms with van der Waals surface area (Å²) in [5.74, 6) is 0. The number of oxazole rings is 1. The Kier molecular flexibility index (Phi) is 4.03. The molecule has 2 N–H and O–H groups in total. The molecule has 26 heavy (non-hydrogen) atoms. The average molecular weight is 375 g/mol. The van der Waals surface area contributed by atoms with E-state index in [2.05, 4.69) is 22.2 Å². The number of carboxylic acid groups (broad SMARTS) is 1. The predicted molar refractivity (Wildman–Crippen MR) is 98.9 cm³/mol. The van der Waals surface area contributed by atoms with Crippen LogP contribution >= 0.6 is 11.6 Å². The van der Waals surface area contributed by atoms with Crippen molar-refractivity contribution in [2.45, 2.75) is 13.3 Å². The van der Waals surface area contributed by atoms with Crippen LogP contribution in [0.1, 0.15) is 13.3 Å². The fraction of sp³-hybridized carbons (Fsp3) is 0.333. The lowest BCUT2D eigenvalue weighted by atomic mass is 9.90. The van der Waals surface area contributed by atoms with Gasteiger partial charge in [0.05, 0.1) is 11.2 Å². The van der Waals surface area contributed by atoms with Crippen LogP contribution in [0.5, 0.6) is 0 Å². The molecule has 136 valence electrons. The largest absolute Gasteiger partial charge is 0.465 e. The van der Waals surface area contributed by atoms with Crippen molar-refractivity contribution < 1.29 is 14.3 Å². The molecule has 0 bridgehead atoms. The Bertz CT molecular complexity index is 966. The minimum atomic E-state index is -0.993. The first-order valence-corrected chi connectivity index (χ1v) is 8.76. The first-order valence-electron chi connectivity index (χ1n) is 8.39. The van der Waals surface area contributed by atoms with Crippen molar-refractivity contribution >= 4 is 29.1 Å². The number of carbonyl (C=O) groups is 1. The number of aromatic nitrogens is 2. The molecule has 1 fully saturated rings. The van der Waals surface area contributed by atoms with E-state index in [1.54, 1.807) is 17.0 Å². The zero-order chi connectivity index (χ0) is 18.3. The van der Waals surface area contributed by atoms with E-state index in [1.165, 1.54) is 0 Å². The van der Waals surface area contributed by atoms with Gasteiger partial charge in [-0.2, -0.15) is 9.61 Å². The summed E-state index contributed by atoms with van der Waals surface area (Å²) in [6.07, 6.45) is 3.35. The third kappa shape index (κ3) is 2.88. The maximum absolute atomic E-state index is 10.8. The molecule has 1 unspecified atom stereocenters. The van der Waals surface area contributed by atoms with Gasteiger partial charge in [-0.25, -0.2) is 4.79 Å². The summed E-state index contributed by atoms with van der Waals surface area (Å²) in [7, 11) is 0. The Hall–Kier alpha value is -2.67. The van der Waals surface area contributed by atoms with E-state index in [0.717, 1.165) is 36.5 Å². The monoisotopic (exact) mass is 374 g/mol. The van der Waals surface area contributed by atoms with Crippen molar-refractivity contribution in [2.24, 2.45) is 5.41 Å². The number of halogens is 1. The Morgan fingerprint density at radius 3 is 3.04 bits per heavy atom. The Morgan fingerprint density at radius 1 is 1.46 bits per heavy atom. The number of hydrogen-bond donors (Lipinski definition) is 2. The van der Waals surface area contributed by atoms with E-state index < -0.39 is 6.09 Å². The third-order valence-electron chi connectivity index (χ3n) is 4.93. The molecule has 1 atom stereocenters. The van der Waals surface area contributed by atoms with E-state index in [4.69, 9.17) is 21.1 Å². The van der Waals surface area contributed by atoms with Crippen LogP contribution in [0.2, 0.25) is 5.02 Å². The second-order valence-electron chi connectivity index (χ2n) is 6.99. The molecule has 8 heteroatoms. The second kappa shape index (κ2) is 6.25. The van der Waals surface area contributed by atoms with Gasteiger partial charge in [-0.15, -0.1) is 0 Å². The van der Waals surface area contributed by atoms with Gasteiger partial charge in [0.15, 0.2) is 0 Å². The molecule has 2 aromatic heterocycles. The summed E-state index contributed by atoms with van der Waals surface area (Å²) in [6.45, 7) is 4.06. The first-order chi connectivity index (χ1) is 12.5. The predicted octanol–water partition coefficient (Wildman–Crippen LogP) is 3.73. The normalized spacial score (nSPS) is 20.0. The van der Waals surface area contributed by atoms with Crippen molar-refractivity contribution in [3.8, 4) is 11.3 Å². The van der Waals surface area contributed by atoms with Crippen LogP contribution in [0.15, 0.2) is 41.1 Å². The lowest BCUT2D eigenvalue weighted by Gasteiger charge is -2.24. The van der Waals surface area contributed by atoms with Gasteiger partial charge < -0.3 is 19.7 Å². The highest BCUT2D eigenvalue weighted by molar-refractivity contribution is 6.33. The highest BCUT2D eigenvalue weighted by Gasteiger charge is 2.36. The van der Waals surface area contributed by atoms with Crippen molar-refractivity contribution in [2.75, 3.05) is 24.5 Å². The van der Waals surface area contributed by atoms with E-state index in [0.29, 0.717) is 17.3 Å². The fourth-order valence-electron chi connectivity index (χ4n) is 3.50. The van der Waals surface area contributed by atoms with Crippen molar-refractivity contribution in [1.82, 2.24) is 14.9 Å². The standard InChI is InChI=1S/C18H19ClN4O3/c1-18(10-20-17(24)25)6-7-22(11-18)14-8-21-23-15(9-26-16(14)23)12-4-2-3-5-13(12)19/h2-5,8-9,20H,6-7,10-11H2,1H3,(H,24,25). The van der Waals surface area contributed by atoms with Crippen LogP contribution in [0, 0.1) is 5.41 Å². The van der Waals surface area contributed by atoms with Gasteiger partial charge in [0.1, 0.15) is 17.6 Å². The molecule has 1 amide bonds. The molecule has 0 spiro atoms. The molecule has 0 aliphatic carbocycles. The zero-order valence-corrected chi connectivity index (χ0v) is 15.0. The average Bonchev–Trinajstić information content (AvgIpc) is 3.29. The molecule has 0 radical (unpaired) electrons. The SMILES string of the molecule is CC1(CNC(=O)O)CCN(c2cnn3c(-c4ccccc4Cl)coc23)C1. The maximum atomic E-state index is 10.8. The summed E-state index contributed by atoms with van der Waals surface area (Å²) >= 11 is 6.30. The highest BCUT2D eigenvalue weighted by Crippen LogP contribution is 2.37. The van der Waals surface area contributed by atoms with Crippen molar-refractivity contribution in [3.05, 3.63) is 41.7 Å². The van der Waals surface area contributed by atoms with Gasteiger partial charge in [-0.05, 0) is 12.5 Å².